The van der Waals surface area contributed by atoms with Crippen LogP contribution < -0.4 is 20.3 Å². The molecule has 4 N–H and O–H groups in total. The van der Waals surface area contributed by atoms with Crippen LogP contribution in [0, 0.1) is 22.7 Å². The van der Waals surface area contributed by atoms with Crippen LogP contribution in [-0.2, 0) is 0 Å². The topological polar surface area (TPSA) is 126 Å². The van der Waals surface area contributed by atoms with Gasteiger partial charge in [-0.1, -0.05) is 18.4 Å². The molecule has 1 atom stereocenters. The average Bonchev–Trinajstić information content (AvgIpc) is 3.64. The van der Waals surface area contributed by atoms with Crippen molar-refractivity contribution in [3.05, 3.63) is 35.5 Å². The van der Waals surface area contributed by atoms with Gasteiger partial charge in [0, 0.05) is 37.1 Å². The smallest absolute Gasteiger partial charge is 0.258 e. The number of aromatic nitrogens is 2. The zero-order chi connectivity index (χ0) is 24.3. The second-order valence-electron chi connectivity index (χ2n) is 9.61. The van der Waals surface area contributed by atoms with Crippen molar-refractivity contribution < 1.29 is 9.90 Å². The fourth-order valence-electron chi connectivity index (χ4n) is 5.32. The lowest BCUT2D eigenvalue weighted by atomic mass is 9.79. The molecule has 1 spiro atoms. The maximum absolute atomic E-state index is 13.5. The van der Waals surface area contributed by atoms with Gasteiger partial charge in [0.2, 0.25) is 5.95 Å². The first-order valence-corrected chi connectivity index (χ1v) is 13.3. The van der Waals surface area contributed by atoms with Crippen molar-refractivity contribution in [2.75, 3.05) is 52.2 Å². The third-order valence-corrected chi connectivity index (χ3v) is 8.16. The first-order valence-electron chi connectivity index (χ1n) is 12.3. The Kier molecular flexibility index (Phi) is 6.97. The molecule has 1 aromatic heterocycles. The summed E-state index contributed by atoms with van der Waals surface area (Å²) in [7, 11) is 0. The Hall–Kier alpha value is -3.03. The van der Waals surface area contributed by atoms with Crippen LogP contribution in [0.25, 0.3) is 0 Å². The maximum Gasteiger partial charge on any atom is 0.258 e. The van der Waals surface area contributed by atoms with Crippen molar-refractivity contribution in [1.29, 1.82) is 5.26 Å². The van der Waals surface area contributed by atoms with E-state index in [1.807, 2.05) is 18.2 Å². The summed E-state index contributed by atoms with van der Waals surface area (Å²) < 4.78 is 3.28. The highest BCUT2D eigenvalue weighted by Crippen LogP contribution is 2.58. The van der Waals surface area contributed by atoms with Crippen LogP contribution in [0.5, 0.6) is 0 Å². The van der Waals surface area contributed by atoms with Gasteiger partial charge in [-0.25, -0.2) is 4.98 Å². The van der Waals surface area contributed by atoms with Gasteiger partial charge in [0.05, 0.1) is 17.9 Å². The second kappa shape index (κ2) is 10.3. The first kappa shape index (κ1) is 23.7. The predicted octanol–water partition coefficient (Wildman–Crippen LogP) is 3.86. The summed E-state index contributed by atoms with van der Waals surface area (Å²) in [6, 6.07) is 9.31. The second-order valence-corrected chi connectivity index (χ2v) is 10.5. The quantitative estimate of drug-likeness (QED) is 0.371. The Bertz CT molecular complexity index is 1130. The van der Waals surface area contributed by atoms with E-state index in [9.17, 15) is 10.1 Å². The number of nitrogens with one attached hydrogen (secondary N) is 3. The Labute approximate surface area is 209 Å². The van der Waals surface area contributed by atoms with Crippen molar-refractivity contribution in [3.63, 3.8) is 0 Å². The van der Waals surface area contributed by atoms with E-state index in [-0.39, 0.29) is 18.2 Å². The number of piperidine rings is 1. The number of aliphatic hydroxyl groups is 1. The lowest BCUT2D eigenvalue weighted by Crippen LogP contribution is -2.42. The molecule has 2 fully saturated rings. The summed E-state index contributed by atoms with van der Waals surface area (Å²) in [5.74, 6) is 1.59. The molecule has 184 valence electrons. The van der Waals surface area contributed by atoms with Crippen LogP contribution in [0.3, 0.4) is 0 Å². The Balaban J connectivity index is 1.50. The van der Waals surface area contributed by atoms with E-state index in [1.165, 1.54) is 30.9 Å². The van der Waals surface area contributed by atoms with E-state index >= 15 is 0 Å². The largest absolute Gasteiger partial charge is 0.395 e. The average molecular weight is 494 g/mol. The molecule has 0 radical (unpaired) electrons. The fraction of sp³-hybridized carbons (Fsp3) is 0.520. The molecule has 1 aliphatic carbocycles. The Morgan fingerprint density at radius 2 is 2.14 bits per heavy atom. The molecule has 4 bridgehead atoms. The number of carbonyl (C=O) groups is 1. The minimum atomic E-state index is -0.263. The molecule has 10 heteroatoms. The van der Waals surface area contributed by atoms with Gasteiger partial charge in [0.15, 0.2) is 0 Å². The lowest BCUT2D eigenvalue weighted by molar-refractivity contribution is 0.102. The molecule has 35 heavy (non-hydrogen) atoms. The van der Waals surface area contributed by atoms with E-state index in [4.69, 9.17) is 5.11 Å². The van der Waals surface area contributed by atoms with E-state index in [2.05, 4.69) is 36.3 Å². The van der Waals surface area contributed by atoms with Crippen molar-refractivity contribution in [3.8, 4) is 6.07 Å². The van der Waals surface area contributed by atoms with Crippen molar-refractivity contribution in [1.82, 2.24) is 9.97 Å². The number of anilines is 4. The fourth-order valence-corrected chi connectivity index (χ4v) is 5.81. The number of hydrogen-bond donors (Lipinski definition) is 4. The summed E-state index contributed by atoms with van der Waals surface area (Å²) in [5.41, 5.74) is 3.06. The number of carbonyl (C=O) groups excluding carboxylic acids is 1. The molecule has 1 aromatic carbocycles. The summed E-state index contributed by atoms with van der Waals surface area (Å²) in [4.78, 5) is 24.5. The van der Waals surface area contributed by atoms with Crippen molar-refractivity contribution in [2.24, 2.45) is 11.3 Å². The monoisotopic (exact) mass is 493 g/mol. The number of hydrogen-bond acceptors (Lipinski definition) is 9. The van der Waals surface area contributed by atoms with Gasteiger partial charge in [-0.05, 0) is 61.6 Å². The maximum atomic E-state index is 13.5. The molecule has 1 amide bonds. The molecule has 3 aliphatic rings. The predicted molar refractivity (Wildman–Crippen MR) is 139 cm³/mol. The number of aliphatic hydroxyl groups excluding tert-OH is 1. The third kappa shape index (κ3) is 5.31. The molecule has 2 aromatic rings. The summed E-state index contributed by atoms with van der Waals surface area (Å²) in [6.07, 6.45) is 7.06. The number of amides is 1. The van der Waals surface area contributed by atoms with Crippen molar-refractivity contribution in [2.45, 2.75) is 38.5 Å². The zero-order valence-corrected chi connectivity index (χ0v) is 20.5. The Morgan fingerprint density at radius 3 is 2.94 bits per heavy atom. The van der Waals surface area contributed by atoms with Crippen LogP contribution in [0.2, 0.25) is 0 Å². The number of nitriles is 1. The minimum absolute atomic E-state index is 0.0986. The minimum Gasteiger partial charge on any atom is -0.395 e. The SMILES string of the molecule is N#Cc1cc2nc(n1)NCCCCC1CN(CCC13CC3)c1cc(NSCCO)ccc1C(=O)N2. The van der Waals surface area contributed by atoms with Gasteiger partial charge in [-0.15, -0.1) is 0 Å². The highest BCUT2D eigenvalue weighted by atomic mass is 32.2. The summed E-state index contributed by atoms with van der Waals surface area (Å²) in [6.45, 7) is 2.71. The van der Waals surface area contributed by atoms with Crippen LogP contribution in [0.1, 0.15) is 54.6 Å². The molecule has 1 unspecified atom stereocenters. The zero-order valence-electron chi connectivity index (χ0n) is 19.7. The van der Waals surface area contributed by atoms with Crippen LogP contribution in [0.4, 0.5) is 23.1 Å². The number of rotatable bonds is 4. The van der Waals surface area contributed by atoms with Crippen LogP contribution in [0.15, 0.2) is 24.3 Å². The van der Waals surface area contributed by atoms with Gasteiger partial charge >= 0.3 is 0 Å². The number of fused-ring (bicyclic) bond motifs is 7. The van der Waals surface area contributed by atoms with Gasteiger partial charge < -0.3 is 25.4 Å². The molecule has 1 saturated heterocycles. The van der Waals surface area contributed by atoms with E-state index in [0.29, 0.717) is 34.4 Å². The van der Waals surface area contributed by atoms with Crippen molar-refractivity contribution >= 4 is 41.0 Å². The van der Waals surface area contributed by atoms with Crippen LogP contribution >= 0.6 is 11.9 Å². The molecule has 5 rings (SSSR count). The molecular weight excluding hydrogens is 462 g/mol. The molecule has 1 saturated carbocycles. The van der Waals surface area contributed by atoms with Gasteiger partial charge in [0.1, 0.15) is 17.6 Å². The molecule has 2 aliphatic heterocycles. The van der Waals surface area contributed by atoms with E-state index in [0.717, 1.165) is 56.7 Å². The van der Waals surface area contributed by atoms with Gasteiger partial charge in [-0.3, -0.25) is 4.79 Å². The Morgan fingerprint density at radius 1 is 1.26 bits per heavy atom. The molecule has 9 nitrogen and oxygen atoms in total. The number of benzene rings is 1. The normalized spacial score (nSPS) is 21.0. The van der Waals surface area contributed by atoms with Gasteiger partial charge in [-0.2, -0.15) is 10.2 Å². The summed E-state index contributed by atoms with van der Waals surface area (Å²) in [5, 5.41) is 24.6. The van der Waals surface area contributed by atoms with E-state index < -0.39 is 0 Å². The highest BCUT2D eigenvalue weighted by Gasteiger charge is 2.51. The molecule has 3 heterocycles. The first-order chi connectivity index (χ1) is 17.1. The number of nitrogens with zero attached hydrogens (tertiary/aromatic N) is 4. The highest BCUT2D eigenvalue weighted by molar-refractivity contribution is 8.00. The van der Waals surface area contributed by atoms with Gasteiger partial charge in [0.25, 0.3) is 5.91 Å². The van der Waals surface area contributed by atoms with E-state index in [1.54, 1.807) is 0 Å². The molecular formula is C25H31N7O2S. The summed E-state index contributed by atoms with van der Waals surface area (Å²) >= 11 is 1.44. The lowest BCUT2D eigenvalue weighted by Gasteiger charge is -2.41. The van der Waals surface area contributed by atoms with Crippen LogP contribution in [-0.4, -0.2) is 53.0 Å². The third-order valence-electron chi connectivity index (χ3n) is 7.39. The standard InChI is InChI=1S/C25H31N7O2S/c26-15-19-14-22-29-23(34)20-5-4-18(31-35-12-11-33)13-21(20)32-10-8-25(6-7-25)17(16-32)3-1-2-9-27-24(28-19)30-22/h4-5,13-14,17,31,33H,1-3,6-12,16H2,(H2,27,28,29,30,34).